The molecule has 2 unspecified atom stereocenters. The summed E-state index contributed by atoms with van der Waals surface area (Å²) in [6.07, 6.45) is 5.00. The molecule has 116 valence electrons. The van der Waals surface area contributed by atoms with Crippen LogP contribution in [-0.2, 0) is 9.59 Å². The van der Waals surface area contributed by atoms with E-state index in [9.17, 15) is 9.59 Å². The third-order valence-corrected chi connectivity index (χ3v) is 6.10. The molecule has 5 aliphatic rings. The van der Waals surface area contributed by atoms with Gasteiger partial charge in [0, 0.05) is 25.6 Å². The number of nitrogens with zero attached hydrogens (tertiary/aromatic N) is 2. The Kier molecular flexibility index (Phi) is 3.03. The highest BCUT2D eigenvalue weighted by atomic mass is 16.2. The highest BCUT2D eigenvalue weighted by Crippen LogP contribution is 2.42. The molecule has 0 aromatic rings. The molecule has 2 atom stereocenters. The van der Waals surface area contributed by atoms with Gasteiger partial charge in [-0.1, -0.05) is 0 Å². The van der Waals surface area contributed by atoms with Crippen LogP contribution in [0.25, 0.3) is 0 Å². The molecule has 2 amide bonds. The average Bonchev–Trinajstić information content (AvgIpc) is 3.33. The van der Waals surface area contributed by atoms with Crippen molar-refractivity contribution >= 4 is 11.8 Å². The molecular weight excluding hydrogens is 266 g/mol. The van der Waals surface area contributed by atoms with E-state index < -0.39 is 5.54 Å². The summed E-state index contributed by atoms with van der Waals surface area (Å²) in [7, 11) is 0. The monoisotopic (exact) mass is 291 g/mol. The molecule has 1 aliphatic carbocycles. The average molecular weight is 291 g/mol. The standard InChI is InChI=1S/C16H25N3O2/c1-16(12-2-3-12)15(21)19(9-6-14(20)17-16)13-10-18-7-4-11(13)5-8-18/h11-13H,2-10H2,1H3,(H,17,20). The van der Waals surface area contributed by atoms with Crippen molar-refractivity contribution in [2.24, 2.45) is 11.8 Å². The van der Waals surface area contributed by atoms with Crippen molar-refractivity contribution in [3.05, 3.63) is 0 Å². The molecule has 0 spiro atoms. The van der Waals surface area contributed by atoms with E-state index in [0.29, 0.717) is 30.8 Å². The van der Waals surface area contributed by atoms with Gasteiger partial charge in [0.2, 0.25) is 11.8 Å². The molecule has 2 bridgehead atoms. The number of carbonyl (C=O) groups excluding carboxylic acids is 2. The van der Waals surface area contributed by atoms with Crippen molar-refractivity contribution in [1.29, 1.82) is 0 Å². The fourth-order valence-corrected chi connectivity index (χ4v) is 4.57. The molecule has 5 rings (SSSR count). The van der Waals surface area contributed by atoms with Crippen LogP contribution in [0.15, 0.2) is 0 Å². The summed E-state index contributed by atoms with van der Waals surface area (Å²) in [5, 5.41) is 3.04. The summed E-state index contributed by atoms with van der Waals surface area (Å²) in [6.45, 7) is 5.92. The maximum Gasteiger partial charge on any atom is 0.248 e. The molecule has 0 aromatic heterocycles. The first-order valence-corrected chi connectivity index (χ1v) is 8.42. The van der Waals surface area contributed by atoms with Gasteiger partial charge in [-0.05, 0) is 57.5 Å². The Labute approximate surface area is 126 Å². The topological polar surface area (TPSA) is 52.7 Å². The second-order valence-corrected chi connectivity index (χ2v) is 7.48. The number of nitrogens with one attached hydrogen (secondary N) is 1. The van der Waals surface area contributed by atoms with Gasteiger partial charge in [0.25, 0.3) is 0 Å². The van der Waals surface area contributed by atoms with Crippen LogP contribution in [0, 0.1) is 11.8 Å². The van der Waals surface area contributed by atoms with E-state index in [1.165, 1.54) is 25.9 Å². The Morgan fingerprint density at radius 3 is 2.38 bits per heavy atom. The first kappa shape index (κ1) is 13.6. The van der Waals surface area contributed by atoms with E-state index in [1.807, 2.05) is 6.92 Å². The number of amides is 2. The van der Waals surface area contributed by atoms with Crippen molar-refractivity contribution in [3.63, 3.8) is 0 Å². The zero-order valence-corrected chi connectivity index (χ0v) is 12.8. The van der Waals surface area contributed by atoms with Gasteiger partial charge >= 0.3 is 0 Å². The maximum absolute atomic E-state index is 13.2. The zero-order chi connectivity index (χ0) is 14.6. The minimum Gasteiger partial charge on any atom is -0.342 e. The molecule has 1 saturated carbocycles. The van der Waals surface area contributed by atoms with Gasteiger partial charge in [-0.15, -0.1) is 0 Å². The van der Waals surface area contributed by atoms with Gasteiger partial charge in [0.05, 0.1) is 0 Å². The lowest BCUT2D eigenvalue weighted by atomic mass is 9.82. The van der Waals surface area contributed by atoms with Crippen molar-refractivity contribution in [2.75, 3.05) is 26.2 Å². The van der Waals surface area contributed by atoms with Crippen LogP contribution in [0.4, 0.5) is 0 Å². The van der Waals surface area contributed by atoms with Gasteiger partial charge in [0.15, 0.2) is 0 Å². The summed E-state index contributed by atoms with van der Waals surface area (Å²) >= 11 is 0. The number of hydrogen-bond donors (Lipinski definition) is 1. The molecular formula is C16H25N3O2. The quantitative estimate of drug-likeness (QED) is 0.810. The molecule has 4 saturated heterocycles. The molecule has 5 fully saturated rings. The van der Waals surface area contributed by atoms with E-state index in [-0.39, 0.29) is 11.8 Å². The lowest BCUT2D eigenvalue weighted by Gasteiger charge is -2.50. The molecule has 5 heteroatoms. The first-order chi connectivity index (χ1) is 10.1. The third kappa shape index (κ3) is 2.17. The highest BCUT2D eigenvalue weighted by molar-refractivity contribution is 5.94. The molecule has 0 radical (unpaired) electrons. The van der Waals surface area contributed by atoms with E-state index in [0.717, 1.165) is 19.4 Å². The summed E-state index contributed by atoms with van der Waals surface area (Å²) in [5.74, 6) is 1.20. The number of fused-ring (bicyclic) bond motifs is 3. The smallest absolute Gasteiger partial charge is 0.248 e. The Balaban J connectivity index is 1.61. The second kappa shape index (κ2) is 4.70. The molecule has 21 heavy (non-hydrogen) atoms. The van der Waals surface area contributed by atoms with Crippen molar-refractivity contribution in [3.8, 4) is 0 Å². The van der Waals surface area contributed by atoms with Gasteiger partial charge in [-0.2, -0.15) is 0 Å². The van der Waals surface area contributed by atoms with Gasteiger partial charge in [-0.3, -0.25) is 9.59 Å². The Morgan fingerprint density at radius 1 is 1.10 bits per heavy atom. The van der Waals surface area contributed by atoms with Crippen molar-refractivity contribution in [2.45, 2.75) is 50.6 Å². The van der Waals surface area contributed by atoms with E-state index in [4.69, 9.17) is 0 Å². The predicted octanol–water partition coefficient (Wildman–Crippen LogP) is 0.598. The summed E-state index contributed by atoms with van der Waals surface area (Å²) in [4.78, 5) is 29.8. The van der Waals surface area contributed by atoms with Gasteiger partial charge in [0.1, 0.15) is 5.54 Å². The van der Waals surface area contributed by atoms with Crippen molar-refractivity contribution in [1.82, 2.24) is 15.1 Å². The van der Waals surface area contributed by atoms with Gasteiger partial charge in [-0.25, -0.2) is 0 Å². The maximum atomic E-state index is 13.2. The van der Waals surface area contributed by atoms with Gasteiger partial charge < -0.3 is 15.1 Å². The Hall–Kier alpha value is -1.10. The number of rotatable bonds is 2. The van der Waals surface area contributed by atoms with Crippen molar-refractivity contribution < 1.29 is 9.59 Å². The molecule has 1 N–H and O–H groups in total. The highest BCUT2D eigenvalue weighted by Gasteiger charge is 2.53. The Morgan fingerprint density at radius 2 is 1.81 bits per heavy atom. The second-order valence-electron chi connectivity index (χ2n) is 7.48. The van der Waals surface area contributed by atoms with Crippen LogP contribution in [-0.4, -0.2) is 59.4 Å². The van der Waals surface area contributed by atoms with Crippen LogP contribution in [0.2, 0.25) is 0 Å². The minimum atomic E-state index is -0.653. The Bertz CT molecular complexity index is 468. The summed E-state index contributed by atoms with van der Waals surface area (Å²) in [6, 6.07) is 0.325. The number of piperidine rings is 3. The van der Waals surface area contributed by atoms with Crippen LogP contribution < -0.4 is 5.32 Å². The number of hydrogen-bond acceptors (Lipinski definition) is 3. The lowest BCUT2D eigenvalue weighted by molar-refractivity contribution is -0.145. The minimum absolute atomic E-state index is 0.0431. The third-order valence-electron chi connectivity index (χ3n) is 6.10. The summed E-state index contributed by atoms with van der Waals surface area (Å²) < 4.78 is 0. The molecule has 4 aliphatic heterocycles. The van der Waals surface area contributed by atoms with Crippen LogP contribution >= 0.6 is 0 Å². The van der Waals surface area contributed by atoms with Crippen LogP contribution in [0.3, 0.4) is 0 Å². The largest absolute Gasteiger partial charge is 0.342 e. The zero-order valence-electron chi connectivity index (χ0n) is 12.8. The molecule has 5 nitrogen and oxygen atoms in total. The summed E-state index contributed by atoms with van der Waals surface area (Å²) in [5.41, 5.74) is -0.653. The van der Waals surface area contributed by atoms with Crippen LogP contribution in [0.5, 0.6) is 0 Å². The fraction of sp³-hybridized carbons (Fsp3) is 0.875. The van der Waals surface area contributed by atoms with E-state index >= 15 is 0 Å². The number of carbonyl (C=O) groups is 2. The first-order valence-electron chi connectivity index (χ1n) is 8.42. The van der Waals surface area contributed by atoms with E-state index in [2.05, 4.69) is 15.1 Å². The lowest BCUT2D eigenvalue weighted by Crippen LogP contribution is -2.63. The predicted molar refractivity (Wildman–Crippen MR) is 78.6 cm³/mol. The fourth-order valence-electron chi connectivity index (χ4n) is 4.57. The van der Waals surface area contributed by atoms with Crippen LogP contribution in [0.1, 0.15) is 39.0 Å². The molecule has 4 heterocycles. The SMILES string of the molecule is CC1(C2CC2)NC(=O)CCN(C2CN3CCC2CC3)C1=O. The normalized spacial score (nSPS) is 43.7. The molecule has 0 aromatic carbocycles. The van der Waals surface area contributed by atoms with E-state index in [1.54, 1.807) is 0 Å².